The first-order valence-electron chi connectivity index (χ1n) is 6.74. The van der Waals surface area contributed by atoms with Crippen molar-refractivity contribution in [1.82, 2.24) is 20.5 Å². The zero-order valence-corrected chi connectivity index (χ0v) is 11.3. The number of nitrogens with two attached hydrogens (primary N) is 1. The second-order valence-electron chi connectivity index (χ2n) is 5.01. The van der Waals surface area contributed by atoms with Gasteiger partial charge in [0.15, 0.2) is 0 Å². The van der Waals surface area contributed by atoms with Gasteiger partial charge in [0.2, 0.25) is 17.3 Å². The van der Waals surface area contributed by atoms with Gasteiger partial charge >= 0.3 is 0 Å². The van der Waals surface area contributed by atoms with Crippen molar-refractivity contribution in [1.29, 1.82) is 0 Å². The molecule has 108 valence electrons. The zero-order chi connectivity index (χ0) is 13.9. The molecule has 0 spiro atoms. The van der Waals surface area contributed by atoms with Crippen LogP contribution in [0.15, 0.2) is 9.15 Å². The summed E-state index contributed by atoms with van der Waals surface area (Å²) in [5, 5.41) is 11.1. The van der Waals surface area contributed by atoms with E-state index in [1.807, 2.05) is 0 Å². The van der Waals surface area contributed by atoms with Gasteiger partial charge in [-0.3, -0.25) is 0 Å². The van der Waals surface area contributed by atoms with E-state index >= 15 is 0 Å². The van der Waals surface area contributed by atoms with E-state index in [1.165, 1.54) is 19.3 Å². The summed E-state index contributed by atoms with van der Waals surface area (Å²) in [6.07, 6.45) is 5.80. The molecule has 1 aliphatic rings. The molecule has 2 aromatic heterocycles. The van der Waals surface area contributed by atoms with Crippen LogP contribution in [0.1, 0.15) is 44.0 Å². The lowest BCUT2D eigenvalue weighted by Crippen LogP contribution is -2.19. The van der Waals surface area contributed by atoms with E-state index in [-0.39, 0.29) is 23.5 Å². The third-order valence-electron chi connectivity index (χ3n) is 3.74. The van der Waals surface area contributed by atoms with E-state index in [0.29, 0.717) is 11.7 Å². The third-order valence-corrected chi connectivity index (χ3v) is 3.74. The molecular weight excluding hydrogens is 262 g/mol. The van der Waals surface area contributed by atoms with Crippen molar-refractivity contribution in [3.05, 3.63) is 5.82 Å². The highest BCUT2D eigenvalue weighted by Crippen LogP contribution is 2.36. The smallest absolute Gasteiger partial charge is 0.284 e. The fourth-order valence-electron chi connectivity index (χ4n) is 2.74. The summed E-state index contributed by atoms with van der Waals surface area (Å²) >= 11 is 0. The molecule has 1 saturated carbocycles. The molecule has 0 aromatic carbocycles. The van der Waals surface area contributed by atoms with E-state index < -0.39 is 0 Å². The molecule has 8 nitrogen and oxygen atoms in total. The lowest BCUT2D eigenvalue weighted by Gasteiger charge is -2.26. The largest absolute Gasteiger partial charge is 0.379 e. The average molecular weight is 279 g/mol. The van der Waals surface area contributed by atoms with Crippen LogP contribution >= 0.6 is 0 Å². The van der Waals surface area contributed by atoms with Gasteiger partial charge in [-0.15, -0.1) is 0 Å². The van der Waals surface area contributed by atoms with Crippen molar-refractivity contribution in [3.63, 3.8) is 0 Å². The van der Waals surface area contributed by atoms with Gasteiger partial charge in [-0.25, -0.2) is 4.63 Å². The molecule has 0 saturated heterocycles. The van der Waals surface area contributed by atoms with E-state index in [2.05, 4.69) is 25.1 Å². The van der Waals surface area contributed by atoms with Crippen molar-refractivity contribution in [2.75, 3.05) is 12.8 Å². The summed E-state index contributed by atoms with van der Waals surface area (Å²) in [7, 11) is 1.67. The molecule has 0 aliphatic heterocycles. The molecule has 0 bridgehead atoms. The molecule has 1 atom stereocenters. The van der Waals surface area contributed by atoms with Crippen LogP contribution in [-0.2, 0) is 4.74 Å². The molecule has 2 heterocycles. The molecule has 2 aromatic rings. The first kappa shape index (κ1) is 13.0. The standard InChI is InChI=1S/C12H17N5O3/c1-18-9(7-5-3-2-4-6-7)11-14-12(19-17-11)8-10(13)16-20-15-8/h7,9H,2-6H2,1H3,(H2,13,16). The third kappa shape index (κ3) is 2.38. The molecule has 0 amide bonds. The van der Waals surface area contributed by atoms with Crippen LogP contribution in [0.5, 0.6) is 0 Å². The van der Waals surface area contributed by atoms with E-state index in [0.717, 1.165) is 12.8 Å². The molecule has 20 heavy (non-hydrogen) atoms. The van der Waals surface area contributed by atoms with Crippen molar-refractivity contribution >= 4 is 5.82 Å². The zero-order valence-electron chi connectivity index (χ0n) is 11.3. The fraction of sp³-hybridized carbons (Fsp3) is 0.667. The summed E-state index contributed by atoms with van der Waals surface area (Å²) in [5.41, 5.74) is 5.87. The highest BCUT2D eigenvalue weighted by atomic mass is 16.6. The minimum Gasteiger partial charge on any atom is -0.379 e. The van der Waals surface area contributed by atoms with Crippen molar-refractivity contribution in [2.45, 2.75) is 38.2 Å². The number of hydrogen-bond donors (Lipinski definition) is 1. The number of nitrogen functional groups attached to an aromatic ring is 1. The van der Waals surface area contributed by atoms with Gasteiger partial charge in [-0.1, -0.05) is 24.4 Å². The van der Waals surface area contributed by atoms with E-state index in [4.69, 9.17) is 15.0 Å². The minimum atomic E-state index is -0.158. The van der Waals surface area contributed by atoms with Crippen LogP contribution in [-0.4, -0.2) is 27.6 Å². The minimum absolute atomic E-state index is 0.131. The monoisotopic (exact) mass is 279 g/mol. The summed E-state index contributed by atoms with van der Waals surface area (Å²) in [6.45, 7) is 0. The lowest BCUT2D eigenvalue weighted by molar-refractivity contribution is 0.0274. The average Bonchev–Trinajstić information content (AvgIpc) is 3.10. The maximum Gasteiger partial charge on any atom is 0.284 e. The van der Waals surface area contributed by atoms with Gasteiger partial charge in [0.25, 0.3) is 5.89 Å². The number of methoxy groups -OCH3 is 1. The van der Waals surface area contributed by atoms with E-state index in [9.17, 15) is 0 Å². The predicted molar refractivity (Wildman–Crippen MR) is 68.3 cm³/mol. The van der Waals surface area contributed by atoms with Gasteiger partial charge in [0.1, 0.15) is 6.10 Å². The Morgan fingerprint density at radius 2 is 2.00 bits per heavy atom. The van der Waals surface area contributed by atoms with Crippen LogP contribution in [0.2, 0.25) is 0 Å². The van der Waals surface area contributed by atoms with Crippen LogP contribution < -0.4 is 5.73 Å². The van der Waals surface area contributed by atoms with Gasteiger partial charge in [-0.2, -0.15) is 4.98 Å². The number of aromatic nitrogens is 4. The molecule has 1 fully saturated rings. The first-order valence-corrected chi connectivity index (χ1v) is 6.74. The summed E-state index contributed by atoms with van der Waals surface area (Å²) in [6, 6.07) is 0. The highest BCUT2D eigenvalue weighted by molar-refractivity contribution is 5.60. The Labute approximate surface area is 115 Å². The topological polar surface area (TPSA) is 113 Å². The Morgan fingerprint density at radius 1 is 1.20 bits per heavy atom. The number of hydrogen-bond acceptors (Lipinski definition) is 8. The van der Waals surface area contributed by atoms with Gasteiger partial charge in [0.05, 0.1) is 0 Å². The molecule has 0 radical (unpaired) electrons. The van der Waals surface area contributed by atoms with Crippen LogP contribution in [0.4, 0.5) is 5.82 Å². The number of anilines is 1. The summed E-state index contributed by atoms with van der Waals surface area (Å²) in [5.74, 6) is 1.28. The van der Waals surface area contributed by atoms with Crippen molar-refractivity contribution in [2.24, 2.45) is 5.92 Å². The molecular formula is C12H17N5O3. The summed E-state index contributed by atoms with van der Waals surface area (Å²) in [4.78, 5) is 4.31. The Balaban J connectivity index is 1.82. The molecule has 8 heteroatoms. The number of ether oxygens (including phenoxy) is 1. The normalized spacial score (nSPS) is 18.2. The lowest BCUT2D eigenvalue weighted by atomic mass is 9.85. The van der Waals surface area contributed by atoms with Crippen molar-refractivity contribution in [3.8, 4) is 11.6 Å². The van der Waals surface area contributed by atoms with Crippen LogP contribution in [0.3, 0.4) is 0 Å². The molecule has 1 unspecified atom stereocenters. The quantitative estimate of drug-likeness (QED) is 0.903. The second-order valence-corrected chi connectivity index (χ2v) is 5.01. The molecule has 3 rings (SSSR count). The molecule has 2 N–H and O–H groups in total. The van der Waals surface area contributed by atoms with Crippen molar-refractivity contribution < 1.29 is 13.9 Å². The van der Waals surface area contributed by atoms with E-state index in [1.54, 1.807) is 7.11 Å². The highest BCUT2D eigenvalue weighted by Gasteiger charge is 2.30. The molecule has 1 aliphatic carbocycles. The predicted octanol–water partition coefficient (Wildman–Crippen LogP) is 1.97. The Hall–Kier alpha value is -1.96. The Bertz CT molecular complexity index is 561. The number of nitrogens with zero attached hydrogens (tertiary/aromatic N) is 4. The SMILES string of the molecule is COC(c1noc(-c2nonc2N)n1)C1CCCCC1. The van der Waals surface area contributed by atoms with Gasteiger partial charge in [-0.05, 0) is 29.1 Å². The summed E-state index contributed by atoms with van der Waals surface area (Å²) < 4.78 is 15.3. The maximum absolute atomic E-state index is 5.61. The van der Waals surface area contributed by atoms with Crippen LogP contribution in [0, 0.1) is 5.92 Å². The Kier molecular flexibility index (Phi) is 3.64. The Morgan fingerprint density at radius 3 is 2.65 bits per heavy atom. The van der Waals surface area contributed by atoms with Gasteiger partial charge in [0, 0.05) is 7.11 Å². The maximum atomic E-state index is 5.61. The number of rotatable bonds is 4. The fourth-order valence-corrected chi connectivity index (χ4v) is 2.74. The van der Waals surface area contributed by atoms with Gasteiger partial charge < -0.3 is 15.0 Å². The second kappa shape index (κ2) is 5.58. The first-order chi connectivity index (χ1) is 9.79. The van der Waals surface area contributed by atoms with Crippen LogP contribution in [0.25, 0.3) is 11.6 Å².